The molecule has 1 saturated heterocycles. The van der Waals surface area contributed by atoms with Crippen LogP contribution in [0.1, 0.15) is 53.9 Å². The molecule has 1 aliphatic carbocycles. The Bertz CT molecular complexity index is 763. The molecule has 0 amide bonds. The Labute approximate surface area is 172 Å². The van der Waals surface area contributed by atoms with Crippen molar-refractivity contribution in [3.05, 3.63) is 40.8 Å². The Morgan fingerprint density at radius 3 is 2.46 bits per heavy atom. The molecule has 0 saturated carbocycles. The number of benzene rings is 1. The number of carbonyl (C=O) groups is 1. The summed E-state index contributed by atoms with van der Waals surface area (Å²) < 4.78 is 17.7. The van der Waals surface area contributed by atoms with E-state index in [4.69, 9.17) is 25.6 Å². The van der Waals surface area contributed by atoms with E-state index in [9.17, 15) is 4.79 Å². The first-order valence-electron chi connectivity index (χ1n) is 9.84. The van der Waals surface area contributed by atoms with Crippen LogP contribution in [0.15, 0.2) is 35.8 Å². The molecule has 2 aliphatic rings. The van der Waals surface area contributed by atoms with Gasteiger partial charge in [-0.15, -0.1) is 0 Å². The van der Waals surface area contributed by atoms with Crippen LogP contribution in [0, 0.1) is 0 Å². The molecule has 1 unspecified atom stereocenters. The van der Waals surface area contributed by atoms with Crippen molar-refractivity contribution in [1.29, 1.82) is 0 Å². The Balaban J connectivity index is 1.81. The van der Waals surface area contributed by atoms with E-state index in [0.717, 1.165) is 11.2 Å². The van der Waals surface area contributed by atoms with E-state index >= 15 is 0 Å². The summed E-state index contributed by atoms with van der Waals surface area (Å²) in [7, 11) is -0.378. The molecule has 0 aromatic heterocycles. The van der Waals surface area contributed by atoms with Gasteiger partial charge in [-0.1, -0.05) is 23.7 Å². The monoisotopic (exact) mass is 405 g/mol. The molecular formula is C21H29BClNO4. The van der Waals surface area contributed by atoms with E-state index in [1.165, 1.54) is 0 Å². The number of ether oxygens (including phenoxy) is 1. The number of anilines is 1. The first kappa shape index (κ1) is 21.2. The lowest BCUT2D eigenvalue weighted by Crippen LogP contribution is -2.49. The Hall–Kier alpha value is -1.50. The van der Waals surface area contributed by atoms with Gasteiger partial charge in [0, 0.05) is 10.7 Å². The van der Waals surface area contributed by atoms with E-state index in [0.29, 0.717) is 30.9 Å². The van der Waals surface area contributed by atoms with Crippen molar-refractivity contribution in [3.8, 4) is 0 Å². The zero-order valence-electron chi connectivity index (χ0n) is 17.3. The molecule has 1 atom stereocenters. The van der Waals surface area contributed by atoms with Crippen LogP contribution >= 0.6 is 11.6 Å². The molecule has 152 valence electrons. The highest BCUT2D eigenvalue weighted by Crippen LogP contribution is 2.42. The molecule has 1 aromatic carbocycles. The first-order chi connectivity index (χ1) is 13.1. The summed E-state index contributed by atoms with van der Waals surface area (Å²) in [5.74, 6) is -0.251. The number of allylic oxidation sites excluding steroid dienone is 1. The molecule has 1 fully saturated rings. The number of carbonyl (C=O) groups excluding carboxylic acids is 1. The Morgan fingerprint density at radius 1 is 1.25 bits per heavy atom. The van der Waals surface area contributed by atoms with Gasteiger partial charge < -0.3 is 19.4 Å². The van der Waals surface area contributed by atoms with Gasteiger partial charge in [0.2, 0.25) is 0 Å². The fourth-order valence-electron chi connectivity index (χ4n) is 3.54. The maximum absolute atomic E-state index is 12.8. The largest absolute Gasteiger partial charge is 0.490 e. The van der Waals surface area contributed by atoms with Crippen LogP contribution in [0.25, 0.3) is 0 Å². The molecular weight excluding hydrogens is 376 g/mol. The standard InChI is InChI=1S/C21H29BClNO4/c1-6-26-18(25)21(24-17-9-7-8-16(23)14-17)12-10-15(11-13-21)22-27-19(2,3)20(4,5)28-22/h7-10,14,24H,6,11-13H2,1-5H3. The van der Waals surface area contributed by atoms with Crippen LogP contribution in [0.5, 0.6) is 0 Å². The highest BCUT2D eigenvalue weighted by Gasteiger charge is 2.53. The molecule has 7 heteroatoms. The van der Waals surface area contributed by atoms with Crippen molar-refractivity contribution in [2.24, 2.45) is 0 Å². The number of rotatable bonds is 5. The fraction of sp³-hybridized carbons (Fsp3) is 0.571. The second-order valence-electron chi connectivity index (χ2n) is 8.51. The summed E-state index contributed by atoms with van der Waals surface area (Å²) in [4.78, 5) is 12.8. The maximum atomic E-state index is 12.8. The minimum absolute atomic E-state index is 0.251. The third-order valence-electron chi connectivity index (χ3n) is 5.98. The van der Waals surface area contributed by atoms with E-state index in [1.54, 1.807) is 6.07 Å². The molecule has 3 rings (SSSR count). The van der Waals surface area contributed by atoms with E-state index in [1.807, 2.05) is 52.8 Å². The molecule has 28 heavy (non-hydrogen) atoms. The molecule has 1 aliphatic heterocycles. The molecule has 0 spiro atoms. The summed E-state index contributed by atoms with van der Waals surface area (Å²) in [6.45, 7) is 10.3. The van der Waals surface area contributed by atoms with Crippen LogP contribution < -0.4 is 5.32 Å². The number of hydrogen-bond acceptors (Lipinski definition) is 5. The SMILES string of the molecule is CCOC(=O)C1(Nc2cccc(Cl)c2)CC=C(B2OC(C)(C)C(C)(C)O2)CC1. The van der Waals surface area contributed by atoms with Gasteiger partial charge in [0.1, 0.15) is 5.54 Å². The second-order valence-corrected chi connectivity index (χ2v) is 8.95. The molecule has 0 bridgehead atoms. The Kier molecular flexibility index (Phi) is 5.86. The summed E-state index contributed by atoms with van der Waals surface area (Å²) in [6, 6.07) is 7.38. The van der Waals surface area contributed by atoms with Gasteiger partial charge in [-0.2, -0.15) is 0 Å². The van der Waals surface area contributed by atoms with Crippen molar-refractivity contribution in [3.63, 3.8) is 0 Å². The summed E-state index contributed by atoms with van der Waals surface area (Å²) in [5, 5.41) is 4.00. The van der Waals surface area contributed by atoms with Gasteiger partial charge in [0.15, 0.2) is 0 Å². The van der Waals surface area contributed by atoms with Crippen molar-refractivity contribution in [1.82, 2.24) is 0 Å². The number of nitrogens with one attached hydrogen (secondary N) is 1. The minimum Gasteiger partial charge on any atom is -0.464 e. The van der Waals surface area contributed by atoms with E-state index in [2.05, 4.69) is 11.4 Å². The van der Waals surface area contributed by atoms with E-state index in [-0.39, 0.29) is 24.3 Å². The van der Waals surface area contributed by atoms with Crippen LogP contribution in [-0.2, 0) is 18.8 Å². The van der Waals surface area contributed by atoms with Gasteiger partial charge in [-0.05, 0) is 77.6 Å². The Morgan fingerprint density at radius 2 is 1.93 bits per heavy atom. The average Bonchev–Trinajstić information content (AvgIpc) is 2.83. The van der Waals surface area contributed by atoms with Crippen molar-refractivity contribution >= 4 is 30.4 Å². The zero-order valence-corrected chi connectivity index (χ0v) is 18.1. The quantitative estimate of drug-likeness (QED) is 0.563. The van der Waals surface area contributed by atoms with Crippen LogP contribution in [0.2, 0.25) is 5.02 Å². The summed E-state index contributed by atoms with van der Waals surface area (Å²) in [5.41, 5.74) is 0.286. The lowest BCUT2D eigenvalue weighted by atomic mass is 9.68. The predicted octanol–water partition coefficient (Wildman–Crippen LogP) is 4.80. The topological polar surface area (TPSA) is 56.8 Å². The van der Waals surface area contributed by atoms with Gasteiger partial charge in [-0.3, -0.25) is 0 Å². The zero-order chi connectivity index (χ0) is 20.6. The van der Waals surface area contributed by atoms with Gasteiger partial charge in [0.25, 0.3) is 0 Å². The molecule has 0 radical (unpaired) electrons. The lowest BCUT2D eigenvalue weighted by molar-refractivity contribution is -0.149. The van der Waals surface area contributed by atoms with Crippen molar-refractivity contribution in [2.75, 3.05) is 11.9 Å². The molecule has 5 nitrogen and oxygen atoms in total. The summed E-state index contributed by atoms with van der Waals surface area (Å²) in [6.07, 6.45) is 3.83. The van der Waals surface area contributed by atoms with Crippen LogP contribution in [0.4, 0.5) is 5.69 Å². The highest BCUT2D eigenvalue weighted by atomic mass is 35.5. The summed E-state index contributed by atoms with van der Waals surface area (Å²) >= 11 is 6.11. The smallest absolute Gasteiger partial charge is 0.464 e. The second kappa shape index (κ2) is 7.73. The van der Waals surface area contributed by atoms with Gasteiger partial charge in [-0.25, -0.2) is 4.79 Å². The van der Waals surface area contributed by atoms with Crippen molar-refractivity contribution in [2.45, 2.75) is 70.6 Å². The maximum Gasteiger partial charge on any atom is 0.490 e. The third kappa shape index (κ3) is 4.09. The molecule has 1 heterocycles. The minimum atomic E-state index is -0.826. The predicted molar refractivity (Wildman–Crippen MR) is 112 cm³/mol. The third-order valence-corrected chi connectivity index (χ3v) is 6.22. The number of esters is 1. The number of halogens is 1. The molecule has 1 aromatic rings. The first-order valence-corrected chi connectivity index (χ1v) is 10.2. The van der Waals surface area contributed by atoms with Crippen LogP contribution in [-0.4, -0.2) is 36.4 Å². The van der Waals surface area contributed by atoms with E-state index < -0.39 is 5.54 Å². The normalized spacial score (nSPS) is 25.9. The van der Waals surface area contributed by atoms with Crippen molar-refractivity contribution < 1.29 is 18.8 Å². The highest BCUT2D eigenvalue weighted by molar-refractivity contribution is 6.54. The number of hydrogen-bond donors (Lipinski definition) is 1. The lowest BCUT2D eigenvalue weighted by Gasteiger charge is -2.36. The average molecular weight is 406 g/mol. The van der Waals surface area contributed by atoms with Crippen LogP contribution in [0.3, 0.4) is 0 Å². The van der Waals surface area contributed by atoms with Gasteiger partial charge in [0.05, 0.1) is 17.8 Å². The molecule has 1 N–H and O–H groups in total. The van der Waals surface area contributed by atoms with Gasteiger partial charge >= 0.3 is 13.1 Å². The fourth-order valence-corrected chi connectivity index (χ4v) is 3.73.